The lowest BCUT2D eigenvalue weighted by Gasteiger charge is -2.36. The number of hydrogen-bond donors (Lipinski definition) is 0. The molecule has 1 fully saturated rings. The number of carbonyl (C=O) groups excluding carboxylic acids is 1. The van der Waals surface area contributed by atoms with E-state index in [1.54, 1.807) is 18.7 Å². The molecule has 0 bridgehead atoms. The molecule has 3 rings (SSSR count). The highest BCUT2D eigenvalue weighted by Gasteiger charge is 2.23. The van der Waals surface area contributed by atoms with E-state index >= 15 is 0 Å². The first kappa shape index (κ1) is 19.4. The lowest BCUT2D eigenvalue weighted by atomic mass is 10.2. The van der Waals surface area contributed by atoms with Crippen molar-refractivity contribution in [3.05, 3.63) is 39.6 Å². The summed E-state index contributed by atoms with van der Waals surface area (Å²) in [5.74, 6) is 3.07. The molecule has 0 spiro atoms. The van der Waals surface area contributed by atoms with Crippen LogP contribution >= 0.6 is 23.2 Å². The van der Waals surface area contributed by atoms with E-state index in [0.717, 1.165) is 18.8 Å². The van der Waals surface area contributed by atoms with Crippen molar-refractivity contribution in [1.29, 1.82) is 0 Å². The summed E-state index contributed by atoms with van der Waals surface area (Å²) in [7, 11) is 1.59. The van der Waals surface area contributed by atoms with Crippen molar-refractivity contribution in [3.63, 3.8) is 0 Å². The van der Waals surface area contributed by atoms with Gasteiger partial charge in [0.1, 0.15) is 12.3 Å². The van der Waals surface area contributed by atoms with E-state index in [4.69, 9.17) is 34.4 Å². The summed E-state index contributed by atoms with van der Waals surface area (Å²) in [4.78, 5) is 16.7. The van der Waals surface area contributed by atoms with E-state index in [9.17, 15) is 4.79 Å². The Morgan fingerprint density at radius 1 is 1.30 bits per heavy atom. The average molecular weight is 407 g/mol. The second-order valence-electron chi connectivity index (χ2n) is 6.24. The van der Waals surface area contributed by atoms with E-state index in [2.05, 4.69) is 15.9 Å². The Bertz CT molecular complexity index is 896. The Hall–Kier alpha value is -2.36. The number of benzene rings is 1. The Morgan fingerprint density at radius 2 is 2.00 bits per heavy atom. The fourth-order valence-corrected chi connectivity index (χ4v) is 3.44. The molecule has 0 N–H and O–H groups in total. The van der Waals surface area contributed by atoms with Crippen LogP contribution in [0.3, 0.4) is 0 Å². The molecule has 0 radical (unpaired) electrons. The Morgan fingerprint density at radius 3 is 2.59 bits per heavy atom. The number of aromatic nitrogens is 2. The summed E-state index contributed by atoms with van der Waals surface area (Å²) in [6.45, 7) is 4.63. The minimum absolute atomic E-state index is 0.00539. The van der Waals surface area contributed by atoms with Crippen molar-refractivity contribution in [2.45, 2.75) is 13.5 Å². The summed E-state index contributed by atoms with van der Waals surface area (Å²) >= 11 is 12.2. The maximum absolute atomic E-state index is 12.6. The highest BCUT2D eigenvalue weighted by Crippen LogP contribution is 2.29. The molecule has 0 aliphatic carbocycles. The summed E-state index contributed by atoms with van der Waals surface area (Å²) in [5.41, 5.74) is 2.09. The minimum atomic E-state index is -0.00539. The molecule has 8 heteroatoms. The molecule has 1 aromatic carbocycles. The third-order valence-corrected chi connectivity index (χ3v) is 5.45. The highest BCUT2D eigenvalue weighted by molar-refractivity contribution is 6.32. The van der Waals surface area contributed by atoms with Crippen LogP contribution in [0.2, 0.25) is 10.0 Å². The Kier molecular flexibility index (Phi) is 5.83. The van der Waals surface area contributed by atoms with Crippen molar-refractivity contribution in [2.24, 2.45) is 0 Å². The fraction of sp³-hybridized carbons (Fsp3) is 0.368. The molecular weight excluding hydrogens is 387 g/mol. The number of halogens is 2. The van der Waals surface area contributed by atoms with E-state index in [-0.39, 0.29) is 12.5 Å². The van der Waals surface area contributed by atoms with Gasteiger partial charge in [-0.3, -0.25) is 9.48 Å². The van der Waals surface area contributed by atoms with Gasteiger partial charge in [-0.15, -0.1) is 6.42 Å². The van der Waals surface area contributed by atoms with Crippen molar-refractivity contribution in [1.82, 2.24) is 14.7 Å². The highest BCUT2D eigenvalue weighted by atomic mass is 35.5. The van der Waals surface area contributed by atoms with Crippen LogP contribution in [0.15, 0.2) is 18.2 Å². The monoisotopic (exact) mass is 406 g/mol. The molecule has 2 aromatic rings. The van der Waals surface area contributed by atoms with Crippen LogP contribution in [0.25, 0.3) is 0 Å². The number of hydrogen-bond acceptors (Lipinski definition) is 4. The zero-order valence-electron chi connectivity index (χ0n) is 15.2. The number of nitrogens with zero attached hydrogens (tertiary/aromatic N) is 4. The zero-order chi connectivity index (χ0) is 19.6. The number of rotatable bonds is 4. The van der Waals surface area contributed by atoms with Gasteiger partial charge in [-0.05, 0) is 25.0 Å². The topological polar surface area (TPSA) is 50.6 Å². The molecule has 1 aliphatic rings. The quantitative estimate of drug-likeness (QED) is 0.732. The van der Waals surface area contributed by atoms with Crippen molar-refractivity contribution >= 4 is 34.8 Å². The van der Waals surface area contributed by atoms with Crippen LogP contribution in [0.1, 0.15) is 11.4 Å². The normalized spacial score (nSPS) is 14.2. The summed E-state index contributed by atoms with van der Waals surface area (Å²) in [6.07, 6.45) is 5.38. The molecule has 6 nitrogen and oxygen atoms in total. The van der Waals surface area contributed by atoms with E-state index in [1.807, 2.05) is 23.1 Å². The van der Waals surface area contributed by atoms with Gasteiger partial charge in [0.15, 0.2) is 5.69 Å². The van der Waals surface area contributed by atoms with Gasteiger partial charge >= 0.3 is 0 Å². The van der Waals surface area contributed by atoms with Gasteiger partial charge in [-0.25, -0.2) is 0 Å². The molecular formula is C19H20Cl2N4O2. The van der Waals surface area contributed by atoms with Crippen LogP contribution in [0.4, 0.5) is 5.69 Å². The maximum Gasteiger partial charge on any atom is 0.244 e. The molecule has 0 atom stereocenters. The van der Waals surface area contributed by atoms with E-state index in [1.165, 1.54) is 0 Å². The summed E-state index contributed by atoms with van der Waals surface area (Å²) in [6, 6.07) is 5.69. The molecule has 1 aromatic heterocycles. The molecule has 1 saturated heterocycles. The third-order valence-electron chi connectivity index (χ3n) is 4.69. The lowest BCUT2D eigenvalue weighted by molar-refractivity contribution is -0.132. The molecule has 2 heterocycles. The lowest BCUT2D eigenvalue weighted by Crippen LogP contribution is -2.49. The van der Waals surface area contributed by atoms with Gasteiger partial charge in [0.05, 0.1) is 22.8 Å². The second-order valence-corrected chi connectivity index (χ2v) is 7.02. The van der Waals surface area contributed by atoms with Crippen LogP contribution in [-0.2, 0) is 11.3 Å². The van der Waals surface area contributed by atoms with Crippen LogP contribution in [0, 0.1) is 19.3 Å². The van der Waals surface area contributed by atoms with Crippen LogP contribution in [-0.4, -0.2) is 53.9 Å². The molecule has 1 aliphatic heterocycles. The molecule has 0 saturated carbocycles. The molecule has 27 heavy (non-hydrogen) atoms. The smallest absolute Gasteiger partial charge is 0.244 e. The van der Waals surface area contributed by atoms with E-state index in [0.29, 0.717) is 40.3 Å². The number of ether oxygens (including phenoxy) is 1. The molecule has 0 unspecified atom stereocenters. The molecule has 1 amide bonds. The number of terminal acetylenes is 1. The average Bonchev–Trinajstić information content (AvgIpc) is 2.96. The Labute approximate surface area is 168 Å². The predicted octanol–water partition coefficient (Wildman–Crippen LogP) is 2.84. The number of anilines is 1. The number of methoxy groups -OCH3 is 1. The van der Waals surface area contributed by atoms with Crippen molar-refractivity contribution in [2.75, 3.05) is 38.2 Å². The SMILES string of the molecule is C#Cc1nn(CC(=O)N2CCN(c3ccc(Cl)c(OC)c3)CC2)c(C)c1Cl. The molecule has 142 valence electrons. The first-order chi connectivity index (χ1) is 12.9. The minimum Gasteiger partial charge on any atom is -0.495 e. The van der Waals surface area contributed by atoms with Gasteiger partial charge in [0.2, 0.25) is 5.91 Å². The standard InChI is InChI=1S/C19H20Cl2N4O2/c1-4-16-19(21)13(2)25(22-16)12-18(26)24-9-7-23(8-10-24)14-5-6-15(20)17(11-14)27-3/h1,5-6,11H,7-10,12H2,2-3H3. The first-order valence-electron chi connectivity index (χ1n) is 8.50. The predicted molar refractivity (Wildman–Crippen MR) is 107 cm³/mol. The van der Waals surface area contributed by atoms with Gasteiger partial charge < -0.3 is 14.5 Å². The maximum atomic E-state index is 12.6. The largest absolute Gasteiger partial charge is 0.495 e. The number of amides is 1. The van der Waals surface area contributed by atoms with E-state index < -0.39 is 0 Å². The third kappa shape index (κ3) is 4.00. The van der Waals surface area contributed by atoms with Crippen molar-refractivity contribution in [3.8, 4) is 18.1 Å². The van der Waals surface area contributed by atoms with Gasteiger partial charge in [0, 0.05) is 37.9 Å². The first-order valence-corrected chi connectivity index (χ1v) is 9.26. The Balaban J connectivity index is 1.62. The van der Waals surface area contributed by atoms with Crippen LogP contribution in [0.5, 0.6) is 5.75 Å². The summed E-state index contributed by atoms with van der Waals surface area (Å²) < 4.78 is 6.84. The summed E-state index contributed by atoms with van der Waals surface area (Å²) in [5, 5.41) is 5.22. The van der Waals surface area contributed by atoms with Gasteiger partial charge in [-0.2, -0.15) is 5.10 Å². The van der Waals surface area contributed by atoms with Crippen LogP contribution < -0.4 is 9.64 Å². The van der Waals surface area contributed by atoms with Gasteiger partial charge in [-0.1, -0.05) is 23.2 Å². The van der Waals surface area contributed by atoms with Gasteiger partial charge in [0.25, 0.3) is 0 Å². The second kappa shape index (κ2) is 8.12. The van der Waals surface area contributed by atoms with Crippen molar-refractivity contribution < 1.29 is 9.53 Å². The number of carbonyl (C=O) groups is 1. The fourth-order valence-electron chi connectivity index (χ4n) is 3.06. The number of piperazine rings is 1. The zero-order valence-corrected chi connectivity index (χ0v) is 16.7.